The smallest absolute Gasteiger partial charge is 0.444 e. The minimum Gasteiger partial charge on any atom is -0.444 e. The van der Waals surface area contributed by atoms with E-state index in [2.05, 4.69) is 0 Å². The van der Waals surface area contributed by atoms with E-state index in [1.54, 1.807) is 20.8 Å². The summed E-state index contributed by atoms with van der Waals surface area (Å²) >= 11 is 0. The van der Waals surface area contributed by atoms with Crippen molar-refractivity contribution in [3.05, 3.63) is 10.1 Å². The fraction of sp³-hybridized carbons (Fsp3) is 0.833. The van der Waals surface area contributed by atoms with Crippen LogP contribution in [0.25, 0.3) is 0 Å². The van der Waals surface area contributed by atoms with Gasteiger partial charge in [0.15, 0.2) is 6.04 Å². The third-order valence-corrected chi connectivity index (χ3v) is 3.04. The molecule has 1 fully saturated rings. The van der Waals surface area contributed by atoms with E-state index in [9.17, 15) is 19.7 Å². The van der Waals surface area contributed by atoms with Gasteiger partial charge in [0.1, 0.15) is 10.5 Å². The highest BCUT2D eigenvalue weighted by Gasteiger charge is 2.46. The first-order chi connectivity index (χ1) is 8.67. The molecule has 1 heterocycles. The highest BCUT2D eigenvalue weighted by molar-refractivity contribution is 5.81. The van der Waals surface area contributed by atoms with Crippen LogP contribution in [0.2, 0.25) is 0 Å². The number of carbonyl (C=O) groups excluding carboxylic acids is 2. The minimum atomic E-state index is -1.14. The van der Waals surface area contributed by atoms with Gasteiger partial charge in [-0.3, -0.25) is 15.0 Å². The number of likely N-dealkylation sites (tertiary alicyclic amines) is 1. The first kappa shape index (κ1) is 15.4. The number of rotatable bonds is 2. The lowest BCUT2D eigenvalue weighted by Crippen LogP contribution is -2.48. The lowest BCUT2D eigenvalue weighted by atomic mass is 10.1. The number of nitro groups is 1. The first-order valence-corrected chi connectivity index (χ1v) is 6.37. The predicted octanol–water partition coefficient (Wildman–Crippen LogP) is 1.97. The molecular formula is C12H20N2O5. The molecule has 19 heavy (non-hydrogen) atoms. The van der Waals surface area contributed by atoms with E-state index < -0.39 is 28.6 Å². The molecule has 1 aliphatic rings. The topological polar surface area (TPSA) is 89.8 Å². The van der Waals surface area contributed by atoms with Gasteiger partial charge in [-0.25, -0.2) is 9.59 Å². The molecule has 0 aromatic heterocycles. The van der Waals surface area contributed by atoms with Crippen LogP contribution in [-0.2, 0) is 9.53 Å². The van der Waals surface area contributed by atoms with Crippen LogP contribution in [0.4, 0.5) is 4.79 Å². The highest BCUT2D eigenvalue weighted by Crippen LogP contribution is 2.29. The molecule has 0 unspecified atom stereocenters. The van der Waals surface area contributed by atoms with Crippen LogP contribution in [0, 0.1) is 10.1 Å². The zero-order valence-corrected chi connectivity index (χ0v) is 11.7. The maximum Gasteiger partial charge on any atom is 0.466 e. The fourth-order valence-electron chi connectivity index (χ4n) is 2.24. The van der Waals surface area contributed by atoms with Crippen LogP contribution < -0.4 is 0 Å². The number of hydrogen-bond acceptors (Lipinski definition) is 5. The second kappa shape index (κ2) is 5.54. The minimum absolute atomic E-state index is 0.177. The number of hydrogen-bond donors (Lipinski definition) is 0. The Hall–Kier alpha value is -1.66. The van der Waals surface area contributed by atoms with Gasteiger partial charge in [-0.2, -0.15) is 0 Å². The first-order valence-electron chi connectivity index (χ1n) is 6.37. The van der Waals surface area contributed by atoms with E-state index in [0.29, 0.717) is 19.3 Å². The van der Waals surface area contributed by atoms with Gasteiger partial charge in [0.05, 0.1) is 0 Å². The molecule has 0 saturated carbocycles. The van der Waals surface area contributed by atoms with Crippen molar-refractivity contribution in [2.75, 3.05) is 0 Å². The van der Waals surface area contributed by atoms with Crippen molar-refractivity contribution in [2.24, 2.45) is 0 Å². The van der Waals surface area contributed by atoms with Gasteiger partial charge < -0.3 is 4.74 Å². The van der Waals surface area contributed by atoms with Crippen LogP contribution in [0.3, 0.4) is 0 Å². The summed E-state index contributed by atoms with van der Waals surface area (Å²) in [4.78, 5) is 34.5. The van der Waals surface area contributed by atoms with Crippen molar-refractivity contribution >= 4 is 12.0 Å². The molecular weight excluding hydrogens is 252 g/mol. The summed E-state index contributed by atoms with van der Waals surface area (Å²) in [5, 5.41) is 10.6. The largest absolute Gasteiger partial charge is 0.466 e. The zero-order valence-electron chi connectivity index (χ0n) is 11.7. The Kier molecular flexibility index (Phi) is 4.49. The Labute approximate surface area is 112 Å². The third-order valence-electron chi connectivity index (χ3n) is 3.04. The number of ether oxygens (including phenoxy) is 1. The number of carbonyl (C=O) groups is 2. The molecule has 0 aromatic carbocycles. The fourth-order valence-corrected chi connectivity index (χ4v) is 2.24. The monoisotopic (exact) mass is 272 g/mol. The predicted molar refractivity (Wildman–Crippen MR) is 67.2 cm³/mol. The Morgan fingerprint density at radius 2 is 1.95 bits per heavy atom. The second-order valence-corrected chi connectivity index (χ2v) is 5.64. The molecule has 1 aliphatic heterocycles. The molecule has 0 bridgehead atoms. The van der Waals surface area contributed by atoms with Crippen LogP contribution in [-0.4, -0.2) is 39.5 Å². The average molecular weight is 272 g/mol. The van der Waals surface area contributed by atoms with Gasteiger partial charge >= 0.3 is 12.0 Å². The lowest BCUT2D eigenvalue weighted by molar-refractivity contribution is -0.405. The lowest BCUT2D eigenvalue weighted by Gasteiger charge is -2.30. The number of nitrogens with zero attached hydrogens (tertiary/aromatic N) is 2. The van der Waals surface area contributed by atoms with Crippen molar-refractivity contribution in [3.63, 3.8) is 0 Å². The zero-order chi connectivity index (χ0) is 14.8. The van der Waals surface area contributed by atoms with Crippen molar-refractivity contribution < 1.29 is 19.2 Å². The molecule has 1 rings (SSSR count). The summed E-state index contributed by atoms with van der Waals surface area (Å²) in [5.41, 5.74) is -0.694. The molecule has 7 heteroatoms. The molecule has 0 aromatic rings. The molecule has 108 valence electrons. The SMILES string of the molecule is CC[C@H]1CC[C@@H](C(=O)[N+](=O)[O-])N1C(=O)OC(C)(C)C. The molecule has 1 saturated heterocycles. The van der Waals surface area contributed by atoms with Crippen molar-refractivity contribution in [2.45, 2.75) is 64.6 Å². The Morgan fingerprint density at radius 1 is 1.37 bits per heavy atom. The molecule has 0 spiro atoms. The van der Waals surface area contributed by atoms with Gasteiger partial charge in [-0.15, -0.1) is 0 Å². The van der Waals surface area contributed by atoms with Crippen molar-refractivity contribution in [1.29, 1.82) is 0 Å². The van der Waals surface area contributed by atoms with E-state index in [1.165, 1.54) is 4.90 Å². The summed E-state index contributed by atoms with van der Waals surface area (Å²) in [6, 6.07) is -1.18. The summed E-state index contributed by atoms with van der Waals surface area (Å²) in [6.07, 6.45) is 0.884. The Balaban J connectivity index is 2.92. The molecule has 0 N–H and O–H groups in total. The van der Waals surface area contributed by atoms with Crippen molar-refractivity contribution in [1.82, 2.24) is 4.90 Å². The van der Waals surface area contributed by atoms with E-state index in [1.807, 2.05) is 6.92 Å². The third kappa shape index (κ3) is 3.65. The summed E-state index contributed by atoms with van der Waals surface area (Å²) in [7, 11) is 0. The quantitative estimate of drug-likeness (QED) is 0.566. The van der Waals surface area contributed by atoms with E-state index >= 15 is 0 Å². The summed E-state index contributed by atoms with van der Waals surface area (Å²) in [5.74, 6) is -1.14. The van der Waals surface area contributed by atoms with Gasteiger partial charge in [0, 0.05) is 6.04 Å². The maximum atomic E-state index is 12.1. The Bertz CT molecular complexity index is 388. The van der Waals surface area contributed by atoms with E-state index in [-0.39, 0.29) is 6.04 Å². The summed E-state index contributed by atoms with van der Waals surface area (Å²) < 4.78 is 5.23. The molecule has 2 atom stereocenters. The standard InChI is InChI=1S/C12H20N2O5/c1-5-8-6-7-9(10(15)14(17)18)13(8)11(16)19-12(2,3)4/h8-9H,5-7H2,1-4H3/t8-,9-/m0/s1. The van der Waals surface area contributed by atoms with Crippen LogP contribution in [0.5, 0.6) is 0 Å². The normalized spacial score (nSPS) is 23.3. The second-order valence-electron chi connectivity index (χ2n) is 5.64. The summed E-state index contributed by atoms with van der Waals surface area (Å²) in [6.45, 7) is 7.02. The highest BCUT2D eigenvalue weighted by atomic mass is 16.6. The van der Waals surface area contributed by atoms with Crippen molar-refractivity contribution in [3.8, 4) is 0 Å². The molecule has 7 nitrogen and oxygen atoms in total. The van der Waals surface area contributed by atoms with Gasteiger partial charge in [-0.05, 0) is 40.0 Å². The molecule has 0 aliphatic carbocycles. The molecule has 0 radical (unpaired) electrons. The van der Waals surface area contributed by atoms with Gasteiger partial charge in [-0.1, -0.05) is 6.92 Å². The number of amides is 2. The Morgan fingerprint density at radius 3 is 2.37 bits per heavy atom. The van der Waals surface area contributed by atoms with Crippen LogP contribution in [0.15, 0.2) is 0 Å². The maximum absolute atomic E-state index is 12.1. The van der Waals surface area contributed by atoms with E-state index in [4.69, 9.17) is 4.74 Å². The van der Waals surface area contributed by atoms with Crippen LogP contribution >= 0.6 is 0 Å². The molecule has 2 amide bonds. The van der Waals surface area contributed by atoms with E-state index in [0.717, 1.165) is 0 Å². The average Bonchev–Trinajstić information content (AvgIpc) is 2.68. The van der Waals surface area contributed by atoms with Gasteiger partial charge in [0.25, 0.3) is 0 Å². The van der Waals surface area contributed by atoms with Crippen LogP contribution in [0.1, 0.15) is 47.0 Å². The van der Waals surface area contributed by atoms with Gasteiger partial charge in [0.2, 0.25) is 0 Å².